The van der Waals surface area contributed by atoms with Crippen LogP contribution >= 0.6 is 15.9 Å². The van der Waals surface area contributed by atoms with Crippen molar-refractivity contribution in [1.82, 2.24) is 5.32 Å². The van der Waals surface area contributed by atoms with E-state index in [1.54, 1.807) is 0 Å². The zero-order valence-corrected chi connectivity index (χ0v) is 12.1. The van der Waals surface area contributed by atoms with Gasteiger partial charge in [-0.15, -0.1) is 0 Å². The minimum absolute atomic E-state index is 0.193. The van der Waals surface area contributed by atoms with Crippen LogP contribution in [0.2, 0.25) is 0 Å². The predicted molar refractivity (Wildman–Crippen MR) is 72.4 cm³/mol. The van der Waals surface area contributed by atoms with Crippen LogP contribution < -0.4 is 5.32 Å². The molecule has 0 aromatic heterocycles. The van der Waals surface area contributed by atoms with Crippen LogP contribution in [0.4, 0.5) is 8.78 Å². The Morgan fingerprint density at radius 3 is 2.61 bits per heavy atom. The summed E-state index contributed by atoms with van der Waals surface area (Å²) in [5.74, 6) is -0.579. The van der Waals surface area contributed by atoms with Gasteiger partial charge in [0.1, 0.15) is 11.6 Å². The maximum absolute atomic E-state index is 14.2. The summed E-state index contributed by atoms with van der Waals surface area (Å²) in [6, 6.07) is 2.54. The normalized spacial score (nSPS) is 18.2. The van der Waals surface area contributed by atoms with Gasteiger partial charge in [-0.3, -0.25) is 0 Å². The van der Waals surface area contributed by atoms with Crippen molar-refractivity contribution in [1.29, 1.82) is 0 Å². The summed E-state index contributed by atoms with van der Waals surface area (Å²) in [6.45, 7) is 2.68. The lowest BCUT2D eigenvalue weighted by Gasteiger charge is -2.25. The van der Waals surface area contributed by atoms with Gasteiger partial charge in [-0.1, -0.05) is 19.8 Å². The van der Waals surface area contributed by atoms with Crippen LogP contribution in [0.1, 0.15) is 44.2 Å². The number of hydrogen-bond acceptors (Lipinski definition) is 1. The first-order chi connectivity index (χ1) is 8.65. The van der Waals surface area contributed by atoms with Crippen molar-refractivity contribution in [3.05, 3.63) is 33.8 Å². The molecule has 0 aliphatic heterocycles. The van der Waals surface area contributed by atoms with Gasteiger partial charge in [-0.05, 0) is 53.4 Å². The summed E-state index contributed by atoms with van der Waals surface area (Å²) in [6.07, 6.45) is 4.40. The molecule has 0 bridgehead atoms. The maximum Gasteiger partial charge on any atom is 0.145 e. The zero-order chi connectivity index (χ0) is 13.1. The molecule has 1 saturated carbocycles. The fraction of sp³-hybridized carbons (Fsp3) is 0.571. The Morgan fingerprint density at radius 1 is 1.33 bits per heavy atom. The van der Waals surface area contributed by atoms with Gasteiger partial charge >= 0.3 is 0 Å². The molecule has 100 valence electrons. The number of nitrogens with one attached hydrogen (secondary N) is 1. The third-order valence-electron chi connectivity index (χ3n) is 3.69. The second-order valence-corrected chi connectivity index (χ2v) is 5.69. The van der Waals surface area contributed by atoms with E-state index in [0.29, 0.717) is 16.9 Å². The summed E-state index contributed by atoms with van der Waals surface area (Å²) in [5, 5.41) is 3.25. The lowest BCUT2D eigenvalue weighted by atomic mass is 9.91. The van der Waals surface area contributed by atoms with E-state index in [-0.39, 0.29) is 11.6 Å². The van der Waals surface area contributed by atoms with Crippen molar-refractivity contribution >= 4 is 15.9 Å². The Morgan fingerprint density at radius 2 is 2.00 bits per heavy atom. The highest BCUT2D eigenvalue weighted by Crippen LogP contribution is 2.38. The summed E-state index contributed by atoms with van der Waals surface area (Å²) in [5.41, 5.74) is 0.193. The second kappa shape index (κ2) is 6.11. The van der Waals surface area contributed by atoms with E-state index in [1.165, 1.54) is 12.1 Å². The van der Waals surface area contributed by atoms with Crippen LogP contribution in [-0.4, -0.2) is 6.54 Å². The number of halogens is 3. The first-order valence-electron chi connectivity index (χ1n) is 6.52. The Kier molecular flexibility index (Phi) is 4.73. The molecule has 0 heterocycles. The van der Waals surface area contributed by atoms with Gasteiger partial charge in [0.25, 0.3) is 0 Å². The zero-order valence-electron chi connectivity index (χ0n) is 10.5. The number of benzene rings is 1. The summed E-state index contributed by atoms with van der Waals surface area (Å²) in [4.78, 5) is 0. The van der Waals surface area contributed by atoms with Gasteiger partial charge in [0.15, 0.2) is 0 Å². The molecule has 1 aromatic carbocycles. The predicted octanol–water partition coefficient (Wildman–Crippen LogP) is 4.57. The molecule has 0 radical (unpaired) electrons. The molecular formula is C14H18BrF2N. The van der Waals surface area contributed by atoms with Gasteiger partial charge in [0, 0.05) is 11.6 Å². The molecular weight excluding hydrogens is 300 g/mol. The SMILES string of the molecule is CCNC(c1c(F)ccc(Br)c1F)C1CCCC1. The maximum atomic E-state index is 14.2. The monoisotopic (exact) mass is 317 g/mol. The number of hydrogen-bond donors (Lipinski definition) is 1. The Hall–Kier alpha value is -0.480. The highest BCUT2D eigenvalue weighted by molar-refractivity contribution is 9.10. The molecule has 1 fully saturated rings. The Labute approximate surface area is 115 Å². The van der Waals surface area contributed by atoms with Gasteiger partial charge in [-0.2, -0.15) is 0 Å². The topological polar surface area (TPSA) is 12.0 Å². The summed E-state index contributed by atoms with van der Waals surface area (Å²) >= 11 is 3.14. The third kappa shape index (κ3) is 2.75. The lowest BCUT2D eigenvalue weighted by molar-refractivity contribution is 0.350. The fourth-order valence-electron chi connectivity index (χ4n) is 2.84. The molecule has 0 spiro atoms. The standard InChI is InChI=1S/C14H18BrF2N/c1-2-18-14(9-5-3-4-6-9)12-11(16)8-7-10(15)13(12)17/h7-9,14,18H,2-6H2,1H3. The summed E-state index contributed by atoms with van der Waals surface area (Å²) in [7, 11) is 0. The van der Waals surface area contributed by atoms with E-state index < -0.39 is 11.6 Å². The van der Waals surface area contributed by atoms with Crippen molar-refractivity contribution in [2.75, 3.05) is 6.54 Å². The third-order valence-corrected chi connectivity index (χ3v) is 4.30. The smallest absolute Gasteiger partial charge is 0.145 e. The molecule has 18 heavy (non-hydrogen) atoms. The second-order valence-electron chi connectivity index (χ2n) is 4.84. The minimum Gasteiger partial charge on any atom is -0.310 e. The van der Waals surface area contributed by atoms with Crippen LogP contribution in [0.25, 0.3) is 0 Å². The van der Waals surface area contributed by atoms with Gasteiger partial charge in [0.05, 0.1) is 4.47 Å². The van der Waals surface area contributed by atoms with E-state index in [0.717, 1.165) is 25.7 Å². The van der Waals surface area contributed by atoms with Crippen molar-refractivity contribution in [2.24, 2.45) is 5.92 Å². The quantitative estimate of drug-likeness (QED) is 0.802. The first kappa shape index (κ1) is 13.9. The van der Waals surface area contributed by atoms with Gasteiger partial charge in [0.2, 0.25) is 0 Å². The molecule has 1 N–H and O–H groups in total. The average Bonchev–Trinajstić information content (AvgIpc) is 2.87. The molecule has 0 amide bonds. The minimum atomic E-state index is -0.465. The lowest BCUT2D eigenvalue weighted by Crippen LogP contribution is -2.29. The molecule has 1 unspecified atom stereocenters. The van der Waals surface area contributed by atoms with Gasteiger partial charge in [-0.25, -0.2) is 8.78 Å². The van der Waals surface area contributed by atoms with Gasteiger partial charge < -0.3 is 5.32 Å². The van der Waals surface area contributed by atoms with Crippen LogP contribution in [-0.2, 0) is 0 Å². The highest BCUT2D eigenvalue weighted by atomic mass is 79.9. The van der Waals surface area contributed by atoms with Crippen molar-refractivity contribution in [3.63, 3.8) is 0 Å². The van der Waals surface area contributed by atoms with E-state index in [2.05, 4.69) is 21.2 Å². The molecule has 1 aliphatic carbocycles. The van der Waals surface area contributed by atoms with E-state index in [9.17, 15) is 8.78 Å². The van der Waals surface area contributed by atoms with E-state index in [4.69, 9.17) is 0 Å². The van der Waals surface area contributed by atoms with Crippen LogP contribution in [0.5, 0.6) is 0 Å². The number of rotatable bonds is 4. The molecule has 1 atom stereocenters. The molecule has 1 nitrogen and oxygen atoms in total. The molecule has 1 aromatic rings. The van der Waals surface area contributed by atoms with E-state index >= 15 is 0 Å². The summed E-state index contributed by atoms with van der Waals surface area (Å²) < 4.78 is 28.5. The molecule has 4 heteroatoms. The first-order valence-corrected chi connectivity index (χ1v) is 7.31. The van der Waals surface area contributed by atoms with Crippen LogP contribution in [0.3, 0.4) is 0 Å². The van der Waals surface area contributed by atoms with Crippen LogP contribution in [0.15, 0.2) is 16.6 Å². The van der Waals surface area contributed by atoms with Crippen molar-refractivity contribution in [2.45, 2.75) is 38.6 Å². The van der Waals surface area contributed by atoms with E-state index in [1.807, 2.05) is 6.92 Å². The Balaban J connectivity index is 2.38. The van der Waals surface area contributed by atoms with Crippen LogP contribution in [0, 0.1) is 17.6 Å². The molecule has 1 aliphatic rings. The Bertz CT molecular complexity index is 417. The van der Waals surface area contributed by atoms with Crippen molar-refractivity contribution in [3.8, 4) is 0 Å². The fourth-order valence-corrected chi connectivity index (χ4v) is 3.19. The molecule has 2 rings (SSSR count). The van der Waals surface area contributed by atoms with Crippen molar-refractivity contribution < 1.29 is 8.78 Å². The largest absolute Gasteiger partial charge is 0.310 e. The highest BCUT2D eigenvalue weighted by Gasteiger charge is 2.30. The molecule has 0 saturated heterocycles. The average molecular weight is 318 g/mol.